The van der Waals surface area contributed by atoms with E-state index >= 15 is 0 Å². The predicted octanol–water partition coefficient (Wildman–Crippen LogP) is 4.31. The average Bonchev–Trinajstić information content (AvgIpc) is 3.34. The average molecular weight is 385 g/mol. The molecule has 6 heteroatoms. The second-order valence-electron chi connectivity index (χ2n) is 7.65. The molecule has 142 valence electrons. The Bertz CT molecular complexity index is 905. The second-order valence-corrected chi connectivity index (χ2v) is 8.57. The Morgan fingerprint density at radius 3 is 2.93 bits per heavy atom. The van der Waals surface area contributed by atoms with Gasteiger partial charge in [0.2, 0.25) is 0 Å². The first-order valence-electron chi connectivity index (χ1n) is 9.78. The minimum absolute atomic E-state index is 0.312. The second kappa shape index (κ2) is 7.26. The molecule has 3 aromatic rings. The van der Waals surface area contributed by atoms with Gasteiger partial charge in [0.1, 0.15) is 28.9 Å². The molecular formula is C21H24N2O3S. The van der Waals surface area contributed by atoms with E-state index in [2.05, 4.69) is 10.1 Å². The lowest BCUT2D eigenvalue weighted by atomic mass is 10.0. The Kier molecular flexibility index (Phi) is 4.63. The molecule has 3 atom stereocenters. The van der Waals surface area contributed by atoms with Crippen LogP contribution in [0, 0.1) is 0 Å². The van der Waals surface area contributed by atoms with Crippen molar-refractivity contribution in [3.63, 3.8) is 0 Å². The van der Waals surface area contributed by atoms with Crippen LogP contribution in [0.5, 0.6) is 5.75 Å². The van der Waals surface area contributed by atoms with Gasteiger partial charge in [-0.2, -0.15) is 0 Å². The minimum Gasteiger partial charge on any atom is -0.491 e. The number of thiophene rings is 1. The molecule has 5 nitrogen and oxygen atoms in total. The van der Waals surface area contributed by atoms with E-state index in [1.54, 1.807) is 11.3 Å². The highest BCUT2D eigenvalue weighted by Crippen LogP contribution is 2.36. The van der Waals surface area contributed by atoms with Crippen LogP contribution in [0.1, 0.15) is 32.1 Å². The van der Waals surface area contributed by atoms with E-state index in [4.69, 9.17) is 9.26 Å². The first-order chi connectivity index (χ1) is 13.3. The van der Waals surface area contributed by atoms with Crippen LogP contribution in [-0.4, -0.2) is 46.5 Å². The van der Waals surface area contributed by atoms with E-state index in [-0.39, 0.29) is 0 Å². The molecule has 0 radical (unpaired) electrons. The molecule has 5 rings (SSSR count). The van der Waals surface area contributed by atoms with Gasteiger partial charge in [-0.25, -0.2) is 0 Å². The first kappa shape index (κ1) is 17.2. The number of fused-ring (bicyclic) bond motifs is 3. The predicted molar refractivity (Wildman–Crippen MR) is 106 cm³/mol. The molecule has 0 spiro atoms. The van der Waals surface area contributed by atoms with Crippen molar-refractivity contribution >= 4 is 21.6 Å². The van der Waals surface area contributed by atoms with E-state index in [1.807, 2.05) is 35.7 Å². The van der Waals surface area contributed by atoms with Gasteiger partial charge in [0, 0.05) is 24.2 Å². The Labute approximate surface area is 162 Å². The number of hydrogen-bond donors (Lipinski definition) is 1. The standard InChI is InChI=1S/C21H24N2O3S/c24-17(12-23-15-4-2-5-16(23)8-7-15)13-25-18-6-1-3-14(11-18)20-21-19(26-22-20)9-10-27-21/h1,3,6,9-11,15-17,24H,2,4-5,7-8,12-13H2. The summed E-state index contributed by atoms with van der Waals surface area (Å²) in [5.74, 6) is 0.751. The molecular weight excluding hydrogens is 360 g/mol. The molecule has 0 saturated carbocycles. The quantitative estimate of drug-likeness (QED) is 0.686. The van der Waals surface area contributed by atoms with Crippen molar-refractivity contribution < 1.29 is 14.4 Å². The number of nitrogens with zero attached hydrogens (tertiary/aromatic N) is 2. The van der Waals surface area contributed by atoms with E-state index in [1.165, 1.54) is 32.1 Å². The molecule has 2 saturated heterocycles. The van der Waals surface area contributed by atoms with Crippen LogP contribution in [0.2, 0.25) is 0 Å². The van der Waals surface area contributed by atoms with Crippen LogP contribution in [0.25, 0.3) is 21.5 Å². The summed E-state index contributed by atoms with van der Waals surface area (Å²) in [7, 11) is 0. The molecule has 0 aliphatic carbocycles. The van der Waals surface area contributed by atoms with Gasteiger partial charge in [0.25, 0.3) is 0 Å². The van der Waals surface area contributed by atoms with Crippen molar-refractivity contribution in [2.45, 2.75) is 50.3 Å². The Hall–Kier alpha value is -1.89. The Balaban J connectivity index is 1.23. The van der Waals surface area contributed by atoms with Gasteiger partial charge < -0.3 is 14.4 Å². The van der Waals surface area contributed by atoms with Crippen molar-refractivity contribution in [3.8, 4) is 17.0 Å². The summed E-state index contributed by atoms with van der Waals surface area (Å²) in [6.45, 7) is 1.03. The van der Waals surface area contributed by atoms with Crippen LogP contribution in [-0.2, 0) is 0 Å². The molecule has 1 aromatic carbocycles. The van der Waals surface area contributed by atoms with Gasteiger partial charge in [-0.3, -0.25) is 4.90 Å². The highest BCUT2D eigenvalue weighted by Gasteiger charge is 2.37. The summed E-state index contributed by atoms with van der Waals surface area (Å²) in [6, 6.07) is 11.1. The number of rotatable bonds is 6. The summed E-state index contributed by atoms with van der Waals surface area (Å²) in [6.07, 6.45) is 6.00. The van der Waals surface area contributed by atoms with Gasteiger partial charge in [-0.1, -0.05) is 23.7 Å². The summed E-state index contributed by atoms with van der Waals surface area (Å²) in [4.78, 5) is 2.51. The molecule has 2 aliphatic rings. The van der Waals surface area contributed by atoms with Crippen molar-refractivity contribution in [2.24, 2.45) is 0 Å². The fourth-order valence-corrected chi connectivity index (χ4v) is 5.42. The summed E-state index contributed by atoms with van der Waals surface area (Å²) in [5, 5.41) is 16.7. The molecule has 2 bridgehead atoms. The number of ether oxygens (including phenoxy) is 1. The number of hydrogen-bond acceptors (Lipinski definition) is 6. The maximum absolute atomic E-state index is 10.5. The largest absolute Gasteiger partial charge is 0.491 e. The van der Waals surface area contributed by atoms with Crippen molar-refractivity contribution in [1.29, 1.82) is 0 Å². The first-order valence-corrected chi connectivity index (χ1v) is 10.7. The maximum atomic E-state index is 10.5. The maximum Gasteiger partial charge on any atom is 0.178 e. The zero-order valence-corrected chi connectivity index (χ0v) is 16.0. The van der Waals surface area contributed by atoms with Crippen molar-refractivity contribution in [2.75, 3.05) is 13.2 Å². The molecule has 0 amide bonds. The van der Waals surface area contributed by atoms with E-state index in [0.29, 0.717) is 25.2 Å². The van der Waals surface area contributed by atoms with Gasteiger partial charge in [0.05, 0.1) is 0 Å². The smallest absolute Gasteiger partial charge is 0.178 e. The molecule has 3 unspecified atom stereocenters. The van der Waals surface area contributed by atoms with E-state index in [0.717, 1.165) is 27.3 Å². The Morgan fingerprint density at radius 2 is 2.07 bits per heavy atom. The summed E-state index contributed by atoms with van der Waals surface area (Å²) >= 11 is 1.62. The molecule has 2 aromatic heterocycles. The van der Waals surface area contributed by atoms with Crippen LogP contribution in [0.4, 0.5) is 0 Å². The van der Waals surface area contributed by atoms with E-state index in [9.17, 15) is 5.11 Å². The zero-order valence-electron chi connectivity index (χ0n) is 15.2. The van der Waals surface area contributed by atoms with E-state index < -0.39 is 6.10 Å². The van der Waals surface area contributed by atoms with Gasteiger partial charge in [-0.15, -0.1) is 11.3 Å². The van der Waals surface area contributed by atoms with Crippen LogP contribution in [0.3, 0.4) is 0 Å². The number of aliphatic hydroxyl groups is 1. The third kappa shape index (κ3) is 3.37. The van der Waals surface area contributed by atoms with Crippen LogP contribution in [0.15, 0.2) is 40.2 Å². The van der Waals surface area contributed by atoms with Crippen molar-refractivity contribution in [3.05, 3.63) is 35.7 Å². The third-order valence-electron chi connectivity index (χ3n) is 5.90. The summed E-state index contributed by atoms with van der Waals surface area (Å²) in [5.41, 5.74) is 2.63. The molecule has 2 aliphatic heterocycles. The van der Waals surface area contributed by atoms with Crippen molar-refractivity contribution in [1.82, 2.24) is 10.1 Å². The highest BCUT2D eigenvalue weighted by atomic mass is 32.1. The zero-order chi connectivity index (χ0) is 18.2. The monoisotopic (exact) mass is 384 g/mol. The highest BCUT2D eigenvalue weighted by molar-refractivity contribution is 7.17. The lowest BCUT2D eigenvalue weighted by molar-refractivity contribution is 0.0359. The molecule has 2 fully saturated rings. The Morgan fingerprint density at radius 1 is 1.22 bits per heavy atom. The normalized spacial score (nSPS) is 23.7. The topological polar surface area (TPSA) is 58.7 Å². The lowest BCUT2D eigenvalue weighted by Gasteiger charge is -2.35. The third-order valence-corrected chi connectivity index (χ3v) is 6.80. The SMILES string of the molecule is OC(COc1cccc(-c2noc3ccsc23)c1)CN1C2CCCC1CC2. The number of piperidine rings is 1. The number of aromatic nitrogens is 1. The fraction of sp³-hybridized carbons (Fsp3) is 0.476. The molecule has 4 heterocycles. The van der Waals surface area contributed by atoms with Crippen LogP contribution >= 0.6 is 11.3 Å². The van der Waals surface area contributed by atoms with Crippen LogP contribution < -0.4 is 4.74 Å². The fourth-order valence-electron chi connectivity index (χ4n) is 4.61. The lowest BCUT2D eigenvalue weighted by Crippen LogP contribution is -2.45. The number of aliphatic hydroxyl groups excluding tert-OH is 1. The van der Waals surface area contributed by atoms with Gasteiger partial charge in [-0.05, 0) is 49.3 Å². The minimum atomic E-state index is -0.467. The molecule has 1 N–H and O–H groups in total. The summed E-state index contributed by atoms with van der Waals surface area (Å²) < 4.78 is 12.3. The van der Waals surface area contributed by atoms with Gasteiger partial charge >= 0.3 is 0 Å². The number of benzene rings is 1. The molecule has 27 heavy (non-hydrogen) atoms. The van der Waals surface area contributed by atoms with Gasteiger partial charge in [0.15, 0.2) is 5.58 Å².